The van der Waals surface area contributed by atoms with Crippen LogP contribution in [-0.2, 0) is 22.6 Å². The predicted octanol–water partition coefficient (Wildman–Crippen LogP) is 3.37. The lowest BCUT2D eigenvalue weighted by Gasteiger charge is -2.36. The number of ether oxygens (including phenoxy) is 1. The zero-order valence-corrected chi connectivity index (χ0v) is 18.1. The van der Waals surface area contributed by atoms with Crippen LogP contribution in [0.5, 0.6) is 0 Å². The molecule has 6 nitrogen and oxygen atoms in total. The van der Waals surface area contributed by atoms with E-state index in [0.717, 1.165) is 29.9 Å². The van der Waals surface area contributed by atoms with Crippen molar-refractivity contribution in [3.05, 3.63) is 51.7 Å². The molecule has 0 spiro atoms. The lowest BCUT2D eigenvalue weighted by Crippen LogP contribution is -2.49. The molecule has 1 aromatic carbocycles. The average Bonchev–Trinajstić information content (AvgIpc) is 3.57. The van der Waals surface area contributed by atoms with E-state index >= 15 is 0 Å². The van der Waals surface area contributed by atoms with E-state index in [-0.39, 0.29) is 24.1 Å². The lowest BCUT2D eigenvalue weighted by atomic mass is 10.0. The van der Waals surface area contributed by atoms with Crippen LogP contribution < -0.4 is 4.90 Å². The van der Waals surface area contributed by atoms with E-state index in [1.54, 1.807) is 19.2 Å². The summed E-state index contributed by atoms with van der Waals surface area (Å²) in [6.45, 7) is 4.84. The van der Waals surface area contributed by atoms with Crippen LogP contribution in [0.2, 0.25) is 5.02 Å². The topological polar surface area (TPSA) is 58.6 Å². The fraction of sp³-hybridized carbons (Fsp3) is 0.500. The Morgan fingerprint density at radius 2 is 1.93 bits per heavy atom. The first-order chi connectivity index (χ1) is 14.5. The van der Waals surface area contributed by atoms with Gasteiger partial charge in [0.2, 0.25) is 5.91 Å². The SMILES string of the molecule is COCc1nc(C)nc(N2CCN(C(=O)C3CC3)CC2)c1Cc1c(F)cccc1Cl. The van der Waals surface area contributed by atoms with Crippen LogP contribution in [0.1, 0.15) is 35.5 Å². The number of aryl methyl sites for hydroxylation is 1. The van der Waals surface area contributed by atoms with E-state index in [9.17, 15) is 9.18 Å². The van der Waals surface area contributed by atoms with Crippen molar-refractivity contribution in [3.63, 3.8) is 0 Å². The number of carbonyl (C=O) groups excluding carboxylic acids is 1. The quantitative estimate of drug-likeness (QED) is 0.700. The summed E-state index contributed by atoms with van der Waals surface area (Å²) in [5.41, 5.74) is 1.97. The van der Waals surface area contributed by atoms with Gasteiger partial charge in [0.25, 0.3) is 0 Å². The summed E-state index contributed by atoms with van der Waals surface area (Å²) < 4.78 is 19.9. The van der Waals surface area contributed by atoms with Gasteiger partial charge in [0.1, 0.15) is 17.5 Å². The summed E-state index contributed by atoms with van der Waals surface area (Å²) in [7, 11) is 1.61. The van der Waals surface area contributed by atoms with Gasteiger partial charge in [0.05, 0.1) is 12.3 Å². The minimum Gasteiger partial charge on any atom is -0.378 e. The molecule has 0 unspecified atom stereocenters. The lowest BCUT2D eigenvalue weighted by molar-refractivity contribution is -0.132. The number of aromatic nitrogens is 2. The van der Waals surface area contributed by atoms with Crippen molar-refractivity contribution in [2.45, 2.75) is 32.8 Å². The number of methoxy groups -OCH3 is 1. The van der Waals surface area contributed by atoms with Crippen LogP contribution in [0.4, 0.5) is 10.2 Å². The highest BCUT2D eigenvalue weighted by atomic mass is 35.5. The number of rotatable bonds is 6. The molecule has 8 heteroatoms. The molecule has 30 heavy (non-hydrogen) atoms. The van der Waals surface area contributed by atoms with Crippen molar-refractivity contribution >= 4 is 23.3 Å². The van der Waals surface area contributed by atoms with Crippen LogP contribution in [0, 0.1) is 18.7 Å². The number of nitrogens with zero attached hydrogens (tertiary/aromatic N) is 4. The summed E-state index contributed by atoms with van der Waals surface area (Å²) >= 11 is 6.30. The Bertz CT molecular complexity index is 923. The maximum atomic E-state index is 14.5. The fourth-order valence-electron chi connectivity index (χ4n) is 3.94. The van der Waals surface area contributed by atoms with Crippen molar-refractivity contribution in [1.29, 1.82) is 0 Å². The molecule has 2 aromatic rings. The van der Waals surface area contributed by atoms with Gasteiger partial charge in [-0.05, 0) is 31.9 Å². The Labute approximate surface area is 181 Å². The van der Waals surface area contributed by atoms with Crippen LogP contribution in [0.3, 0.4) is 0 Å². The second-order valence-electron chi connectivity index (χ2n) is 7.92. The number of anilines is 1. The summed E-state index contributed by atoms with van der Waals surface area (Å²) in [5, 5.41) is 0.379. The molecule has 2 aliphatic rings. The van der Waals surface area contributed by atoms with Crippen molar-refractivity contribution in [1.82, 2.24) is 14.9 Å². The van der Waals surface area contributed by atoms with E-state index in [0.29, 0.717) is 49.2 Å². The molecule has 0 radical (unpaired) electrons. The highest BCUT2D eigenvalue weighted by molar-refractivity contribution is 6.31. The molecule has 4 rings (SSSR count). The molecule has 2 heterocycles. The number of halogens is 2. The third-order valence-corrected chi connectivity index (χ3v) is 6.05. The fourth-order valence-corrected chi connectivity index (χ4v) is 4.17. The van der Waals surface area contributed by atoms with Crippen LogP contribution in [0.25, 0.3) is 0 Å². The molecule has 1 aliphatic heterocycles. The van der Waals surface area contributed by atoms with Gasteiger partial charge in [0.15, 0.2) is 0 Å². The predicted molar refractivity (Wildman–Crippen MR) is 113 cm³/mol. The molecule has 0 bridgehead atoms. The largest absolute Gasteiger partial charge is 0.378 e. The van der Waals surface area contributed by atoms with Crippen molar-refractivity contribution in [2.24, 2.45) is 5.92 Å². The highest BCUT2D eigenvalue weighted by Crippen LogP contribution is 2.33. The van der Waals surface area contributed by atoms with Crippen LogP contribution in [-0.4, -0.2) is 54.1 Å². The normalized spacial score (nSPS) is 16.8. The van der Waals surface area contributed by atoms with Crippen LogP contribution >= 0.6 is 11.6 Å². The Morgan fingerprint density at radius 3 is 2.57 bits per heavy atom. The van der Waals surface area contributed by atoms with Gasteiger partial charge in [-0.2, -0.15) is 0 Å². The molecule has 2 fully saturated rings. The Balaban J connectivity index is 1.64. The van der Waals surface area contributed by atoms with Crippen molar-refractivity contribution < 1.29 is 13.9 Å². The second-order valence-corrected chi connectivity index (χ2v) is 8.32. The standard InChI is InChI=1S/C22H26ClFN4O2/c1-14-25-20(13-30-2)17(12-16-18(23)4-3-5-19(16)24)21(26-14)27-8-10-28(11-9-27)22(29)15-6-7-15/h3-5,15H,6-13H2,1-2H3. The second kappa shape index (κ2) is 8.86. The molecule has 0 atom stereocenters. The molecule has 1 aromatic heterocycles. The summed E-state index contributed by atoms with van der Waals surface area (Å²) in [5.74, 6) is 1.55. The summed E-state index contributed by atoms with van der Waals surface area (Å²) in [6.07, 6.45) is 2.30. The van der Waals surface area contributed by atoms with E-state index in [1.165, 1.54) is 6.07 Å². The third kappa shape index (κ3) is 4.42. The molecule has 1 saturated carbocycles. The zero-order valence-electron chi connectivity index (χ0n) is 17.3. The third-order valence-electron chi connectivity index (χ3n) is 5.70. The van der Waals surface area contributed by atoms with Gasteiger partial charge in [-0.3, -0.25) is 4.79 Å². The van der Waals surface area contributed by atoms with Gasteiger partial charge >= 0.3 is 0 Å². The van der Waals surface area contributed by atoms with Crippen molar-refractivity contribution in [2.75, 3.05) is 38.2 Å². The number of benzene rings is 1. The van der Waals surface area contributed by atoms with E-state index < -0.39 is 0 Å². The van der Waals surface area contributed by atoms with E-state index in [4.69, 9.17) is 21.3 Å². The maximum Gasteiger partial charge on any atom is 0.225 e. The molecule has 0 N–H and O–H groups in total. The number of hydrogen-bond donors (Lipinski definition) is 0. The summed E-state index contributed by atoms with van der Waals surface area (Å²) in [4.78, 5) is 25.8. The summed E-state index contributed by atoms with van der Waals surface area (Å²) in [6, 6.07) is 4.70. The number of amides is 1. The van der Waals surface area contributed by atoms with Gasteiger partial charge in [-0.25, -0.2) is 14.4 Å². The van der Waals surface area contributed by atoms with Gasteiger partial charge < -0.3 is 14.5 Å². The van der Waals surface area contributed by atoms with Crippen molar-refractivity contribution in [3.8, 4) is 0 Å². The monoisotopic (exact) mass is 432 g/mol. The Kier molecular flexibility index (Phi) is 6.20. The first-order valence-electron chi connectivity index (χ1n) is 10.3. The van der Waals surface area contributed by atoms with Gasteiger partial charge in [0, 0.05) is 61.8 Å². The van der Waals surface area contributed by atoms with Gasteiger partial charge in [-0.15, -0.1) is 0 Å². The molecular formula is C22H26ClFN4O2. The number of carbonyl (C=O) groups is 1. The Hall–Kier alpha value is -2.25. The van der Waals surface area contributed by atoms with Crippen LogP contribution in [0.15, 0.2) is 18.2 Å². The minimum atomic E-state index is -0.350. The molecule has 1 saturated heterocycles. The zero-order chi connectivity index (χ0) is 21.3. The Morgan fingerprint density at radius 1 is 1.20 bits per heavy atom. The van der Waals surface area contributed by atoms with Gasteiger partial charge in [-0.1, -0.05) is 17.7 Å². The smallest absolute Gasteiger partial charge is 0.225 e. The molecule has 160 valence electrons. The average molecular weight is 433 g/mol. The molecule has 1 aliphatic carbocycles. The molecule has 1 amide bonds. The maximum absolute atomic E-state index is 14.5. The first kappa shape index (κ1) is 21.0. The minimum absolute atomic E-state index is 0.227. The van der Waals surface area contributed by atoms with E-state index in [2.05, 4.69) is 9.88 Å². The number of hydrogen-bond acceptors (Lipinski definition) is 5. The highest BCUT2D eigenvalue weighted by Gasteiger charge is 2.35. The number of piperazine rings is 1. The first-order valence-corrected chi connectivity index (χ1v) is 10.7. The molecular weight excluding hydrogens is 407 g/mol. The van der Waals surface area contributed by atoms with E-state index in [1.807, 2.05) is 11.8 Å².